The number of likely N-dealkylation sites (tertiary alicyclic amines) is 1. The van der Waals surface area contributed by atoms with Gasteiger partial charge in [0.15, 0.2) is 0 Å². The molecule has 1 saturated heterocycles. The van der Waals surface area contributed by atoms with Crippen LogP contribution in [0.2, 0.25) is 5.02 Å². The highest BCUT2D eigenvalue weighted by atomic mass is 35.5. The lowest BCUT2D eigenvalue weighted by Crippen LogP contribution is -2.64. The molecule has 0 aromatic heterocycles. The second-order valence-electron chi connectivity index (χ2n) is 9.53. The number of amides is 3. The van der Waals surface area contributed by atoms with Gasteiger partial charge in [0.2, 0.25) is 5.91 Å². The Bertz CT molecular complexity index is 1030. The largest absolute Gasteiger partial charge is 0.496 e. The van der Waals surface area contributed by atoms with Crippen LogP contribution >= 0.6 is 11.6 Å². The maximum Gasteiger partial charge on any atom is 0.324 e. The van der Waals surface area contributed by atoms with Crippen molar-refractivity contribution >= 4 is 35.1 Å². The van der Waals surface area contributed by atoms with Crippen molar-refractivity contribution in [2.24, 2.45) is 10.8 Å². The van der Waals surface area contributed by atoms with Crippen molar-refractivity contribution in [3.63, 3.8) is 0 Å². The molecule has 2 fully saturated rings. The van der Waals surface area contributed by atoms with Gasteiger partial charge in [-0.05, 0) is 19.1 Å². The molecule has 0 unspecified atom stereocenters. The van der Waals surface area contributed by atoms with Crippen molar-refractivity contribution in [2.45, 2.75) is 46.5 Å². The van der Waals surface area contributed by atoms with E-state index in [9.17, 15) is 19.2 Å². The minimum atomic E-state index is -1.00. The van der Waals surface area contributed by atoms with Gasteiger partial charge in [-0.25, -0.2) is 4.79 Å². The van der Waals surface area contributed by atoms with Crippen molar-refractivity contribution in [2.75, 3.05) is 20.2 Å². The Morgan fingerprint density at radius 3 is 2.28 bits per heavy atom. The summed E-state index contributed by atoms with van der Waals surface area (Å²) in [6, 6.07) is 2.79. The fourth-order valence-electron chi connectivity index (χ4n) is 4.26. The molecule has 0 radical (unpaired) electrons. The molecule has 3 amide bonds. The summed E-state index contributed by atoms with van der Waals surface area (Å²) in [6.45, 7) is 7.33. The number of nitrogens with one attached hydrogen (secondary N) is 1. The minimum Gasteiger partial charge on any atom is -0.496 e. The molecule has 1 saturated carbocycles. The molecule has 1 aromatic carbocycles. The quantitative estimate of drug-likeness (QED) is 0.542. The number of ether oxygens (including phenoxy) is 1. The Morgan fingerprint density at radius 1 is 1.19 bits per heavy atom. The molecule has 1 heterocycles. The maximum atomic E-state index is 13.1. The SMILES string of the molecule is CC#Cc1cc(Cl)c(C2C(=O)CC3(CC2=O)CN(C(=O)NC(=O)C(C)(C)C)C3)c(OC)c1. The van der Waals surface area contributed by atoms with Crippen LogP contribution < -0.4 is 10.1 Å². The Balaban J connectivity index is 1.75. The van der Waals surface area contributed by atoms with Gasteiger partial charge in [0.05, 0.1) is 7.11 Å². The summed E-state index contributed by atoms with van der Waals surface area (Å²) in [5.74, 6) is 4.15. The molecule has 8 heteroatoms. The number of Topliss-reactive ketones (excluding diaryl/α,β-unsaturated/α-hetero) is 2. The van der Waals surface area contributed by atoms with E-state index < -0.39 is 22.8 Å². The van der Waals surface area contributed by atoms with E-state index >= 15 is 0 Å². The predicted molar refractivity (Wildman–Crippen MR) is 120 cm³/mol. The number of rotatable bonds is 2. The monoisotopic (exact) mass is 458 g/mol. The lowest BCUT2D eigenvalue weighted by Gasteiger charge is -2.52. The standard InChI is InChI=1S/C24H27ClN2O5/c1-6-7-14-8-15(25)19(18(9-14)32-5)20-16(28)10-24(11-17(20)29)12-27(13-24)22(31)26-21(30)23(2,3)4/h8-9,20H,10-13H2,1-5H3,(H,26,30,31). The molecule has 1 spiro atoms. The number of hydrogen-bond donors (Lipinski definition) is 1. The number of nitrogens with zero attached hydrogens (tertiary/aromatic N) is 1. The van der Waals surface area contributed by atoms with E-state index in [1.165, 1.54) is 12.0 Å². The van der Waals surface area contributed by atoms with Gasteiger partial charge >= 0.3 is 6.03 Å². The Kier molecular flexibility index (Phi) is 6.39. The van der Waals surface area contributed by atoms with Crippen LogP contribution in [0, 0.1) is 22.7 Å². The van der Waals surface area contributed by atoms with Crippen LogP contribution in [0.5, 0.6) is 5.75 Å². The van der Waals surface area contributed by atoms with Crippen molar-refractivity contribution in [3.05, 3.63) is 28.3 Å². The highest BCUT2D eigenvalue weighted by Crippen LogP contribution is 2.47. The molecule has 3 rings (SSSR count). The third-order valence-corrected chi connectivity index (χ3v) is 6.17. The van der Waals surface area contributed by atoms with Crippen molar-refractivity contribution in [1.82, 2.24) is 10.2 Å². The third kappa shape index (κ3) is 4.51. The molecule has 1 N–H and O–H groups in total. The van der Waals surface area contributed by atoms with Crippen LogP contribution in [0.4, 0.5) is 4.79 Å². The van der Waals surface area contributed by atoms with Gasteiger partial charge in [-0.2, -0.15) is 0 Å². The number of methoxy groups -OCH3 is 1. The van der Waals surface area contributed by atoms with Crippen LogP contribution in [0.15, 0.2) is 12.1 Å². The molecule has 1 aromatic rings. The minimum absolute atomic E-state index is 0.149. The molecule has 0 atom stereocenters. The second kappa shape index (κ2) is 8.59. The van der Waals surface area contributed by atoms with Gasteiger partial charge in [0.25, 0.3) is 0 Å². The predicted octanol–water partition coefficient (Wildman–Crippen LogP) is 3.32. The average molecular weight is 459 g/mol. The molecule has 1 aliphatic heterocycles. The number of urea groups is 1. The summed E-state index contributed by atoms with van der Waals surface area (Å²) in [4.78, 5) is 52.0. The number of benzene rings is 1. The first-order valence-electron chi connectivity index (χ1n) is 10.4. The first-order valence-corrected chi connectivity index (χ1v) is 10.7. The van der Waals surface area contributed by atoms with Gasteiger partial charge in [0.1, 0.15) is 23.2 Å². The van der Waals surface area contributed by atoms with Crippen LogP contribution in [0.25, 0.3) is 0 Å². The van der Waals surface area contributed by atoms with E-state index in [-0.39, 0.29) is 48.4 Å². The van der Waals surface area contributed by atoms with E-state index in [0.29, 0.717) is 16.9 Å². The van der Waals surface area contributed by atoms with Crippen molar-refractivity contribution < 1.29 is 23.9 Å². The highest BCUT2D eigenvalue weighted by molar-refractivity contribution is 6.32. The van der Waals surface area contributed by atoms with Crippen LogP contribution in [0.1, 0.15) is 57.6 Å². The normalized spacial score (nSPS) is 18.0. The summed E-state index contributed by atoms with van der Waals surface area (Å²) in [5.41, 5.74) is -0.292. The molecule has 7 nitrogen and oxygen atoms in total. The van der Waals surface area contributed by atoms with E-state index in [0.717, 1.165) is 0 Å². The van der Waals surface area contributed by atoms with Gasteiger partial charge in [-0.3, -0.25) is 19.7 Å². The topological polar surface area (TPSA) is 92.8 Å². The maximum absolute atomic E-state index is 13.1. The van der Waals surface area contributed by atoms with E-state index in [1.807, 2.05) is 0 Å². The first-order chi connectivity index (χ1) is 14.9. The lowest BCUT2D eigenvalue weighted by atomic mass is 9.63. The Hall–Kier alpha value is -2.85. The highest BCUT2D eigenvalue weighted by Gasteiger charge is 2.54. The number of imide groups is 1. The smallest absolute Gasteiger partial charge is 0.324 e. The molecule has 0 bridgehead atoms. The zero-order chi connectivity index (χ0) is 23.8. The van der Waals surface area contributed by atoms with E-state index in [4.69, 9.17) is 16.3 Å². The van der Waals surface area contributed by atoms with E-state index in [2.05, 4.69) is 17.2 Å². The Labute approximate surface area is 192 Å². The summed E-state index contributed by atoms with van der Waals surface area (Å²) < 4.78 is 5.42. The number of hydrogen-bond acceptors (Lipinski definition) is 5. The molecular weight excluding hydrogens is 432 g/mol. The molecule has 170 valence electrons. The third-order valence-electron chi connectivity index (χ3n) is 5.85. The first kappa shape index (κ1) is 23.8. The number of carbonyl (C=O) groups is 4. The second-order valence-corrected chi connectivity index (χ2v) is 9.94. The number of halogens is 1. The van der Waals surface area contributed by atoms with Gasteiger partial charge in [-0.1, -0.05) is 38.3 Å². The van der Waals surface area contributed by atoms with Crippen molar-refractivity contribution in [1.29, 1.82) is 0 Å². The number of carbonyl (C=O) groups excluding carboxylic acids is 4. The summed E-state index contributed by atoms with van der Waals surface area (Å²) in [6.07, 6.45) is 0.298. The van der Waals surface area contributed by atoms with Crippen molar-refractivity contribution in [3.8, 4) is 17.6 Å². The van der Waals surface area contributed by atoms with Crippen LogP contribution in [-0.4, -0.2) is 48.6 Å². The van der Waals surface area contributed by atoms with Crippen LogP contribution in [0.3, 0.4) is 0 Å². The summed E-state index contributed by atoms with van der Waals surface area (Å²) in [7, 11) is 1.46. The van der Waals surface area contributed by atoms with Crippen LogP contribution in [-0.2, 0) is 14.4 Å². The molecule has 1 aliphatic carbocycles. The average Bonchev–Trinajstić information content (AvgIpc) is 2.65. The molecular formula is C24H27ClN2O5. The molecule has 2 aliphatic rings. The fraction of sp³-hybridized carbons (Fsp3) is 0.500. The summed E-state index contributed by atoms with van der Waals surface area (Å²) in [5, 5.41) is 2.64. The fourth-order valence-corrected chi connectivity index (χ4v) is 4.58. The Morgan fingerprint density at radius 2 is 1.78 bits per heavy atom. The van der Waals surface area contributed by atoms with Gasteiger partial charge in [-0.15, -0.1) is 5.92 Å². The zero-order valence-electron chi connectivity index (χ0n) is 18.9. The van der Waals surface area contributed by atoms with Gasteiger partial charge < -0.3 is 9.64 Å². The number of ketones is 2. The van der Waals surface area contributed by atoms with Gasteiger partial charge in [0, 0.05) is 52.9 Å². The lowest BCUT2D eigenvalue weighted by molar-refractivity contribution is -0.142. The zero-order valence-corrected chi connectivity index (χ0v) is 19.7. The summed E-state index contributed by atoms with van der Waals surface area (Å²) >= 11 is 6.44. The van der Waals surface area contributed by atoms with E-state index in [1.54, 1.807) is 39.8 Å². The molecule has 32 heavy (non-hydrogen) atoms.